The van der Waals surface area contributed by atoms with Crippen LogP contribution in [0.1, 0.15) is 37.2 Å². The first-order valence-corrected chi connectivity index (χ1v) is 21.4. The van der Waals surface area contributed by atoms with E-state index in [9.17, 15) is 0 Å². The van der Waals surface area contributed by atoms with Crippen LogP contribution in [-0.2, 0) is 4.74 Å². The van der Waals surface area contributed by atoms with Gasteiger partial charge in [-0.15, -0.1) is 0 Å². The van der Waals surface area contributed by atoms with Gasteiger partial charge in [0, 0.05) is 110 Å². The summed E-state index contributed by atoms with van der Waals surface area (Å²) in [4.78, 5) is 14.7. The minimum atomic E-state index is 0.240. The lowest BCUT2D eigenvalue weighted by Crippen LogP contribution is -2.47. The first-order valence-electron chi connectivity index (χ1n) is 21.4. The van der Waals surface area contributed by atoms with Crippen molar-refractivity contribution in [2.24, 2.45) is 0 Å². The number of nitrogens with one attached hydrogen (secondary N) is 3. The number of morpholine rings is 1. The molecule has 0 spiro atoms. The van der Waals surface area contributed by atoms with Crippen molar-refractivity contribution in [3.63, 3.8) is 0 Å². The van der Waals surface area contributed by atoms with Gasteiger partial charge >= 0.3 is 0 Å². The fourth-order valence-electron chi connectivity index (χ4n) is 9.22. The highest BCUT2D eigenvalue weighted by atomic mass is 16.5. The number of pyridine rings is 2. The molecule has 1 unspecified atom stereocenters. The smallest absolute Gasteiger partial charge is 0.128 e. The topological polar surface area (TPSA) is 88.5 Å². The van der Waals surface area contributed by atoms with Gasteiger partial charge in [0.25, 0.3) is 0 Å². The summed E-state index contributed by atoms with van der Waals surface area (Å²) < 4.78 is 7.53. The number of piperidine rings is 2. The second-order valence-corrected chi connectivity index (χ2v) is 16.5. The van der Waals surface area contributed by atoms with Crippen LogP contribution in [0.2, 0.25) is 0 Å². The molecule has 1 atom stereocenters. The van der Waals surface area contributed by atoms with Crippen molar-refractivity contribution in [2.75, 3.05) is 99.6 Å². The predicted molar refractivity (Wildman–Crippen MR) is 242 cm³/mol. The Labute approximate surface area is 349 Å². The van der Waals surface area contributed by atoms with E-state index in [1.165, 1.54) is 29.8 Å². The maximum Gasteiger partial charge on any atom is 0.128 e. The molecule has 9 rings (SSSR count). The average Bonchev–Trinajstić information content (AvgIpc) is 3.71. The lowest BCUT2D eigenvalue weighted by atomic mass is 9.89. The summed E-state index contributed by atoms with van der Waals surface area (Å²) in [5.41, 5.74) is 13.6. The van der Waals surface area contributed by atoms with Crippen LogP contribution in [-0.4, -0.2) is 110 Å². The fraction of sp³-hybridized carbons (Fsp3) is 0.375. The van der Waals surface area contributed by atoms with E-state index in [-0.39, 0.29) is 6.04 Å². The molecule has 4 aliphatic heterocycles. The molecule has 4 aliphatic rings. The van der Waals surface area contributed by atoms with Gasteiger partial charge in [-0.3, -0.25) is 4.90 Å². The minimum Gasteiger partial charge on any atom is -0.385 e. The molecule has 0 bridgehead atoms. The molecular weight excluding hydrogens is 733 g/mol. The number of piperazine rings is 1. The van der Waals surface area contributed by atoms with Crippen LogP contribution in [0.5, 0.6) is 0 Å². The van der Waals surface area contributed by atoms with Gasteiger partial charge in [-0.05, 0) is 98.3 Å². The molecule has 3 aromatic heterocycles. The number of likely N-dealkylation sites (tertiary alicyclic amines) is 1. The van der Waals surface area contributed by atoms with Crippen molar-refractivity contribution in [1.82, 2.24) is 29.7 Å². The van der Waals surface area contributed by atoms with Crippen molar-refractivity contribution in [3.8, 4) is 22.3 Å². The largest absolute Gasteiger partial charge is 0.385 e. The standard InChI is InChI=1S/C48H58N10O/c1-34-5-15-45(36(3)52-34)53-42-11-6-37(7-12-42)39-17-19-54(20-18-39)32-35(2)55-21-23-56(24-22-55)43-13-8-38(9-14-43)41-29-44(48-46(49-4)31-51-58(48)33-41)40-10-16-47(50-30-40)57-25-27-59-28-26-57/h6-14,16,29-31,33,39,45,49,52-53H,1-3,5,15,17-28,32H2,4H3. The number of benzene rings is 2. The molecule has 4 fully saturated rings. The Morgan fingerprint density at radius 1 is 0.814 bits per heavy atom. The summed E-state index contributed by atoms with van der Waals surface area (Å²) in [6, 6.07) is 24.9. The van der Waals surface area contributed by atoms with Gasteiger partial charge in [-0.25, -0.2) is 9.50 Å². The first kappa shape index (κ1) is 38.7. The van der Waals surface area contributed by atoms with Crippen molar-refractivity contribution >= 4 is 28.4 Å². The maximum absolute atomic E-state index is 5.54. The second kappa shape index (κ2) is 17.2. The van der Waals surface area contributed by atoms with Gasteiger partial charge in [-0.1, -0.05) is 44.0 Å². The number of aromatic nitrogens is 3. The summed E-state index contributed by atoms with van der Waals surface area (Å²) in [5, 5.41) is 15.0. The number of allylic oxidation sites excluding steroid dienone is 1. The van der Waals surface area contributed by atoms with E-state index in [4.69, 9.17) is 14.8 Å². The van der Waals surface area contributed by atoms with Crippen LogP contribution in [0.25, 0.3) is 27.8 Å². The Morgan fingerprint density at radius 3 is 2.25 bits per heavy atom. The molecule has 0 amide bonds. The average molecular weight is 791 g/mol. The van der Waals surface area contributed by atoms with E-state index in [1.54, 1.807) is 0 Å². The zero-order valence-corrected chi connectivity index (χ0v) is 34.5. The Bertz CT molecular complexity index is 2260. The van der Waals surface area contributed by atoms with Crippen molar-refractivity contribution < 1.29 is 4.74 Å². The van der Waals surface area contributed by atoms with E-state index in [2.05, 4.69) is 128 Å². The van der Waals surface area contributed by atoms with E-state index in [0.717, 1.165) is 141 Å². The molecular formula is C48H58N10O. The van der Waals surface area contributed by atoms with E-state index in [0.29, 0.717) is 5.92 Å². The number of hydrogen-bond acceptors (Lipinski definition) is 10. The molecule has 7 heterocycles. The van der Waals surface area contributed by atoms with E-state index >= 15 is 0 Å². The summed E-state index contributed by atoms with van der Waals surface area (Å²) >= 11 is 0. The Kier molecular flexibility index (Phi) is 11.3. The third-order valence-electron chi connectivity index (χ3n) is 12.8. The number of rotatable bonds is 11. The molecule has 11 heteroatoms. The minimum absolute atomic E-state index is 0.240. The molecule has 0 aliphatic carbocycles. The third kappa shape index (κ3) is 8.54. The zero-order valence-electron chi connectivity index (χ0n) is 34.5. The summed E-state index contributed by atoms with van der Waals surface area (Å²) in [6.07, 6.45) is 10.4. The van der Waals surface area contributed by atoms with Crippen molar-refractivity contribution in [1.29, 1.82) is 0 Å². The van der Waals surface area contributed by atoms with Gasteiger partial charge < -0.3 is 35.4 Å². The van der Waals surface area contributed by atoms with Crippen LogP contribution in [0.15, 0.2) is 122 Å². The van der Waals surface area contributed by atoms with Crippen molar-refractivity contribution in [3.05, 3.63) is 128 Å². The van der Waals surface area contributed by atoms with Gasteiger partial charge in [0.2, 0.25) is 0 Å². The Morgan fingerprint density at radius 2 is 1.56 bits per heavy atom. The molecule has 59 heavy (non-hydrogen) atoms. The molecule has 3 N–H and O–H groups in total. The molecule has 11 nitrogen and oxygen atoms in total. The van der Waals surface area contributed by atoms with Crippen molar-refractivity contribution in [2.45, 2.75) is 37.6 Å². The normalized spacial score (nSPS) is 19.5. The summed E-state index contributed by atoms with van der Waals surface area (Å²) in [7, 11) is 1.94. The van der Waals surface area contributed by atoms with Crippen LogP contribution >= 0.6 is 0 Å². The lowest BCUT2D eigenvalue weighted by Gasteiger charge is -2.40. The highest BCUT2D eigenvalue weighted by Gasteiger charge is 2.25. The monoisotopic (exact) mass is 790 g/mol. The van der Waals surface area contributed by atoms with Gasteiger partial charge in [0.15, 0.2) is 0 Å². The number of hydrogen-bond donors (Lipinski definition) is 3. The number of anilines is 4. The molecule has 0 saturated carbocycles. The third-order valence-corrected chi connectivity index (χ3v) is 12.8. The Hall–Kier alpha value is -5.78. The molecule has 0 radical (unpaired) electrons. The van der Waals surface area contributed by atoms with Crippen LogP contribution < -0.4 is 25.8 Å². The number of nitrogens with zero attached hydrogens (tertiary/aromatic N) is 7. The highest BCUT2D eigenvalue weighted by molar-refractivity contribution is 5.92. The van der Waals surface area contributed by atoms with Crippen LogP contribution in [0.3, 0.4) is 0 Å². The summed E-state index contributed by atoms with van der Waals surface area (Å²) in [5.74, 6) is 1.60. The quantitative estimate of drug-likeness (QED) is 0.124. The highest BCUT2D eigenvalue weighted by Crippen LogP contribution is 2.35. The SMILES string of the molecule is C=C1CCC(Nc2ccc(C3CCN(CC(=C)N4CCN(c5ccc(-c6cc(-c7ccc(N8CCOCC8)nc7)c7c(NC)cnn7c6)cc5)CC4)CC3)cc2)C(=C)N1. The first-order chi connectivity index (χ1) is 28.9. The molecule has 4 saturated heterocycles. The van der Waals surface area contributed by atoms with E-state index in [1.807, 2.05) is 24.0 Å². The fourth-order valence-corrected chi connectivity index (χ4v) is 9.22. The second-order valence-electron chi connectivity index (χ2n) is 16.5. The van der Waals surface area contributed by atoms with Crippen LogP contribution in [0, 0.1) is 0 Å². The summed E-state index contributed by atoms with van der Waals surface area (Å²) in [6.45, 7) is 23.1. The molecule has 5 aromatic rings. The van der Waals surface area contributed by atoms with Gasteiger partial charge in [-0.2, -0.15) is 5.10 Å². The zero-order chi connectivity index (χ0) is 40.3. The van der Waals surface area contributed by atoms with Gasteiger partial charge in [0.1, 0.15) is 5.82 Å². The maximum atomic E-state index is 5.54. The number of ether oxygens (including phenoxy) is 1. The van der Waals surface area contributed by atoms with E-state index < -0.39 is 0 Å². The predicted octanol–water partition coefficient (Wildman–Crippen LogP) is 7.65. The molecule has 306 valence electrons. The lowest BCUT2D eigenvalue weighted by molar-refractivity contribution is 0.122. The molecule has 2 aromatic carbocycles. The van der Waals surface area contributed by atoms with Crippen LogP contribution in [0.4, 0.5) is 22.9 Å². The Balaban J connectivity index is 0.773. The van der Waals surface area contributed by atoms with Gasteiger partial charge in [0.05, 0.1) is 36.7 Å². The number of fused-ring (bicyclic) bond motifs is 1.